The van der Waals surface area contributed by atoms with Gasteiger partial charge in [0.1, 0.15) is 6.54 Å². The molecule has 1 heterocycles. The molecular formula is C31H34N4O5S. The van der Waals surface area contributed by atoms with Crippen LogP contribution >= 0.6 is 0 Å². The number of nitrogens with one attached hydrogen (secondary N) is 1. The van der Waals surface area contributed by atoms with Crippen LogP contribution < -0.4 is 19.2 Å². The van der Waals surface area contributed by atoms with Gasteiger partial charge in [0.25, 0.3) is 15.9 Å². The maximum Gasteiger partial charge on any atom is 0.264 e. The largest absolute Gasteiger partial charge is 0.493 e. The van der Waals surface area contributed by atoms with Gasteiger partial charge in [0.05, 0.1) is 31.0 Å². The number of aromatic nitrogens is 1. The summed E-state index contributed by atoms with van der Waals surface area (Å²) in [4.78, 5) is 13.0. The number of aryl methyl sites for hydroxylation is 3. The number of rotatable bonds is 10. The smallest absolute Gasteiger partial charge is 0.264 e. The average Bonchev–Trinajstić information content (AvgIpc) is 3.23. The van der Waals surface area contributed by atoms with E-state index in [0.717, 1.165) is 38.1 Å². The van der Waals surface area contributed by atoms with E-state index in [4.69, 9.17) is 9.47 Å². The van der Waals surface area contributed by atoms with Crippen molar-refractivity contribution in [1.82, 2.24) is 9.99 Å². The molecule has 1 aromatic heterocycles. The lowest BCUT2D eigenvalue weighted by molar-refractivity contribution is -0.119. The zero-order chi connectivity index (χ0) is 29.7. The molecule has 0 radical (unpaired) electrons. The Kier molecular flexibility index (Phi) is 8.83. The molecule has 10 heteroatoms. The topological polar surface area (TPSA) is 102 Å². The summed E-state index contributed by atoms with van der Waals surface area (Å²) in [7, 11) is -1.28. The highest BCUT2D eigenvalue weighted by Gasteiger charge is 2.28. The second kappa shape index (κ2) is 12.3. The normalized spacial score (nSPS) is 11.5. The maximum absolute atomic E-state index is 13.9. The van der Waals surface area contributed by atoms with E-state index in [1.807, 2.05) is 70.2 Å². The number of ether oxygens (including phenoxy) is 2. The molecule has 0 unspecified atom stereocenters. The molecule has 0 atom stereocenters. The fraction of sp³-hybridized carbons (Fsp3) is 0.226. The molecule has 0 aliphatic carbocycles. The first kappa shape index (κ1) is 29.4. The van der Waals surface area contributed by atoms with E-state index in [1.165, 1.54) is 32.4 Å². The minimum atomic E-state index is -4.18. The van der Waals surface area contributed by atoms with Gasteiger partial charge in [-0.05, 0) is 81.3 Å². The number of hydrogen-bond donors (Lipinski definition) is 1. The van der Waals surface area contributed by atoms with Crippen molar-refractivity contribution in [3.8, 4) is 17.2 Å². The lowest BCUT2D eigenvalue weighted by Gasteiger charge is -2.25. The Morgan fingerprint density at radius 2 is 1.56 bits per heavy atom. The monoisotopic (exact) mass is 574 g/mol. The first-order valence-corrected chi connectivity index (χ1v) is 14.4. The summed E-state index contributed by atoms with van der Waals surface area (Å²) in [5.41, 5.74) is 8.40. The van der Waals surface area contributed by atoms with Crippen LogP contribution in [0.3, 0.4) is 0 Å². The van der Waals surface area contributed by atoms with Crippen molar-refractivity contribution in [3.63, 3.8) is 0 Å². The number of para-hydroxylation sites is 1. The summed E-state index contributed by atoms with van der Waals surface area (Å²) >= 11 is 0. The minimum Gasteiger partial charge on any atom is -0.493 e. The van der Waals surface area contributed by atoms with Crippen molar-refractivity contribution in [1.29, 1.82) is 0 Å². The lowest BCUT2D eigenvalue weighted by Crippen LogP contribution is -2.39. The summed E-state index contributed by atoms with van der Waals surface area (Å²) in [6.45, 7) is 7.22. The van der Waals surface area contributed by atoms with E-state index in [1.54, 1.807) is 18.3 Å². The highest BCUT2D eigenvalue weighted by atomic mass is 32.2. The van der Waals surface area contributed by atoms with Crippen LogP contribution in [0.5, 0.6) is 11.5 Å². The Hall–Kier alpha value is -4.57. The van der Waals surface area contributed by atoms with Crippen molar-refractivity contribution in [2.24, 2.45) is 5.10 Å². The Bertz CT molecular complexity index is 1670. The number of amides is 1. The fourth-order valence-electron chi connectivity index (χ4n) is 4.75. The number of benzene rings is 3. The Morgan fingerprint density at radius 3 is 2.20 bits per heavy atom. The molecule has 0 aliphatic rings. The van der Waals surface area contributed by atoms with E-state index in [9.17, 15) is 13.2 Å². The number of hydrogen-bond acceptors (Lipinski definition) is 6. The van der Waals surface area contributed by atoms with Gasteiger partial charge in [0.2, 0.25) is 0 Å². The molecular weight excluding hydrogens is 540 g/mol. The summed E-state index contributed by atoms with van der Waals surface area (Å²) in [6.07, 6.45) is 1.56. The molecule has 1 amide bonds. The predicted octanol–water partition coefficient (Wildman–Crippen LogP) is 5.07. The van der Waals surface area contributed by atoms with Crippen LogP contribution in [-0.4, -0.2) is 45.9 Å². The molecule has 214 valence electrons. The zero-order valence-electron chi connectivity index (χ0n) is 24.0. The van der Waals surface area contributed by atoms with E-state index in [-0.39, 0.29) is 10.6 Å². The number of methoxy groups -OCH3 is 2. The molecule has 3 aromatic carbocycles. The zero-order valence-corrected chi connectivity index (χ0v) is 24.8. The van der Waals surface area contributed by atoms with Crippen LogP contribution in [0, 0.1) is 27.7 Å². The Labute approximate surface area is 241 Å². The summed E-state index contributed by atoms with van der Waals surface area (Å²) in [6, 6.07) is 21.6. The standard InChI is InChI=1S/C31H34N4O5S/c1-21-14-22(2)16-27(15-21)34(41(37,38)28-12-13-29(39-5)30(18-28)40-6)20-31(36)33-32-19-25-17-23(3)35(24(25)4)26-10-8-7-9-11-26/h7-19H,20H2,1-6H3,(H,33,36)/b32-19-. The molecule has 9 nitrogen and oxygen atoms in total. The van der Waals surface area contributed by atoms with E-state index in [2.05, 4.69) is 15.1 Å². The first-order valence-electron chi connectivity index (χ1n) is 12.9. The maximum atomic E-state index is 13.9. The third kappa shape index (κ3) is 6.44. The Balaban J connectivity index is 1.61. The molecule has 0 bridgehead atoms. The van der Waals surface area contributed by atoms with Crippen LogP contribution in [0.25, 0.3) is 5.69 Å². The fourth-order valence-corrected chi connectivity index (χ4v) is 6.17. The number of nitrogens with zero attached hydrogens (tertiary/aromatic N) is 3. The predicted molar refractivity (Wildman–Crippen MR) is 161 cm³/mol. The van der Waals surface area contributed by atoms with Crippen molar-refractivity contribution >= 4 is 27.8 Å². The van der Waals surface area contributed by atoms with Gasteiger partial charge >= 0.3 is 0 Å². The number of sulfonamides is 1. The molecule has 4 aromatic rings. The number of hydrazone groups is 1. The summed E-state index contributed by atoms with van der Waals surface area (Å²) < 4.78 is 41.5. The molecule has 0 saturated heterocycles. The first-order chi connectivity index (χ1) is 19.5. The number of carbonyl (C=O) groups excluding carboxylic acids is 1. The third-order valence-corrected chi connectivity index (χ3v) is 8.37. The van der Waals surface area contributed by atoms with Crippen LogP contribution in [0.2, 0.25) is 0 Å². The molecule has 0 aliphatic heterocycles. The minimum absolute atomic E-state index is 0.0426. The van der Waals surface area contributed by atoms with Crippen LogP contribution in [-0.2, 0) is 14.8 Å². The highest BCUT2D eigenvalue weighted by Crippen LogP contribution is 2.32. The van der Waals surface area contributed by atoms with Crippen LogP contribution in [0.1, 0.15) is 28.1 Å². The second-order valence-corrected chi connectivity index (χ2v) is 11.5. The van der Waals surface area contributed by atoms with E-state index >= 15 is 0 Å². The highest BCUT2D eigenvalue weighted by molar-refractivity contribution is 7.92. The van der Waals surface area contributed by atoms with Gasteiger partial charge < -0.3 is 14.0 Å². The van der Waals surface area contributed by atoms with Crippen molar-refractivity contribution in [2.45, 2.75) is 32.6 Å². The number of carbonyl (C=O) groups is 1. The van der Waals surface area contributed by atoms with Crippen LogP contribution in [0.15, 0.2) is 82.8 Å². The number of anilines is 1. The molecule has 0 fully saturated rings. The van der Waals surface area contributed by atoms with E-state index < -0.39 is 22.5 Å². The van der Waals surface area contributed by atoms with Crippen molar-refractivity contribution < 1.29 is 22.7 Å². The van der Waals surface area contributed by atoms with Crippen LogP contribution in [0.4, 0.5) is 5.69 Å². The van der Waals surface area contributed by atoms with Gasteiger partial charge in [-0.3, -0.25) is 9.10 Å². The van der Waals surface area contributed by atoms with Gasteiger partial charge in [-0.25, -0.2) is 13.8 Å². The molecule has 0 saturated carbocycles. The van der Waals surface area contributed by atoms with Crippen molar-refractivity contribution in [3.05, 3.63) is 101 Å². The van der Waals surface area contributed by atoms with Gasteiger partial charge in [-0.2, -0.15) is 5.10 Å². The van der Waals surface area contributed by atoms with Gasteiger partial charge in [0, 0.05) is 28.7 Å². The molecule has 4 rings (SSSR count). The van der Waals surface area contributed by atoms with Crippen molar-refractivity contribution in [2.75, 3.05) is 25.1 Å². The van der Waals surface area contributed by atoms with Gasteiger partial charge in [0.15, 0.2) is 11.5 Å². The molecule has 1 N–H and O–H groups in total. The molecule has 0 spiro atoms. The molecule has 41 heavy (non-hydrogen) atoms. The SMILES string of the molecule is COc1ccc(S(=O)(=O)N(CC(=O)N/N=C\c2cc(C)n(-c3ccccc3)c2C)c2cc(C)cc(C)c2)cc1OC. The van der Waals surface area contributed by atoms with Gasteiger partial charge in [-0.1, -0.05) is 24.3 Å². The van der Waals surface area contributed by atoms with Gasteiger partial charge in [-0.15, -0.1) is 0 Å². The second-order valence-electron chi connectivity index (χ2n) is 9.66. The average molecular weight is 575 g/mol. The lowest BCUT2D eigenvalue weighted by atomic mass is 10.1. The Morgan fingerprint density at radius 1 is 0.902 bits per heavy atom. The van der Waals surface area contributed by atoms with E-state index in [0.29, 0.717) is 11.4 Å². The summed E-state index contributed by atoms with van der Waals surface area (Å²) in [5.74, 6) is 0.0561. The third-order valence-electron chi connectivity index (χ3n) is 6.60. The summed E-state index contributed by atoms with van der Waals surface area (Å²) in [5, 5.41) is 4.14. The quantitative estimate of drug-likeness (QED) is 0.210.